The van der Waals surface area contributed by atoms with E-state index >= 15 is 0 Å². The highest BCUT2D eigenvalue weighted by atomic mass is 16.5. The van der Waals surface area contributed by atoms with Crippen LogP contribution >= 0.6 is 0 Å². The van der Waals surface area contributed by atoms with E-state index in [1.54, 1.807) is 26.0 Å². The minimum absolute atomic E-state index is 0.235. The number of amides is 1. The first-order valence-electron chi connectivity index (χ1n) is 6.43. The minimum Gasteiger partial charge on any atom is -0.467 e. The molecule has 2 aromatic rings. The number of ether oxygens (including phenoxy) is 1. The van der Waals surface area contributed by atoms with Crippen LogP contribution in [0.4, 0.5) is 0 Å². The van der Waals surface area contributed by atoms with Crippen molar-refractivity contribution < 1.29 is 23.3 Å². The number of nitrogens with one attached hydrogen (secondary N) is 1. The summed E-state index contributed by atoms with van der Waals surface area (Å²) in [6.45, 7) is 4.97. The van der Waals surface area contributed by atoms with Gasteiger partial charge in [0, 0.05) is 0 Å². The molecule has 7 nitrogen and oxygen atoms in total. The summed E-state index contributed by atoms with van der Waals surface area (Å²) >= 11 is 0. The van der Waals surface area contributed by atoms with Gasteiger partial charge in [-0.25, -0.2) is 4.79 Å². The van der Waals surface area contributed by atoms with Gasteiger partial charge in [0.25, 0.3) is 5.91 Å². The van der Waals surface area contributed by atoms with Gasteiger partial charge in [-0.05, 0) is 32.9 Å². The maximum atomic E-state index is 12.0. The Morgan fingerprint density at radius 3 is 2.76 bits per heavy atom. The number of rotatable bonds is 5. The Kier molecular flexibility index (Phi) is 4.42. The SMILES string of the molecule is Cc1noc(C)c1C(=O)O[C@@H](C)C(=O)NCc1ccco1. The van der Waals surface area contributed by atoms with Gasteiger partial charge in [-0.2, -0.15) is 0 Å². The molecule has 0 radical (unpaired) electrons. The summed E-state index contributed by atoms with van der Waals surface area (Å²) in [7, 11) is 0. The van der Waals surface area contributed by atoms with E-state index in [1.807, 2.05) is 0 Å². The Hall–Kier alpha value is -2.57. The van der Waals surface area contributed by atoms with Gasteiger partial charge in [0.05, 0.1) is 18.5 Å². The molecule has 0 aliphatic heterocycles. The van der Waals surface area contributed by atoms with Crippen molar-refractivity contribution in [3.63, 3.8) is 0 Å². The third kappa shape index (κ3) is 3.50. The Morgan fingerprint density at radius 2 is 2.19 bits per heavy atom. The maximum Gasteiger partial charge on any atom is 0.344 e. The lowest BCUT2D eigenvalue weighted by molar-refractivity contribution is -0.129. The largest absolute Gasteiger partial charge is 0.467 e. The average Bonchev–Trinajstić information content (AvgIpc) is 3.06. The monoisotopic (exact) mass is 292 g/mol. The number of esters is 1. The topological polar surface area (TPSA) is 94.6 Å². The molecule has 21 heavy (non-hydrogen) atoms. The smallest absolute Gasteiger partial charge is 0.344 e. The van der Waals surface area contributed by atoms with E-state index in [2.05, 4.69) is 10.5 Å². The lowest BCUT2D eigenvalue weighted by atomic mass is 10.2. The summed E-state index contributed by atoms with van der Waals surface area (Å²) < 4.78 is 15.1. The van der Waals surface area contributed by atoms with E-state index in [4.69, 9.17) is 13.7 Å². The summed E-state index contributed by atoms with van der Waals surface area (Å²) in [5.41, 5.74) is 0.682. The van der Waals surface area contributed by atoms with Gasteiger partial charge in [0.15, 0.2) is 6.10 Å². The number of furan rings is 1. The molecule has 0 saturated heterocycles. The third-order valence-electron chi connectivity index (χ3n) is 2.91. The van der Waals surface area contributed by atoms with E-state index in [9.17, 15) is 9.59 Å². The van der Waals surface area contributed by atoms with Crippen LogP contribution < -0.4 is 5.32 Å². The van der Waals surface area contributed by atoms with Gasteiger partial charge in [-0.3, -0.25) is 4.79 Å². The van der Waals surface area contributed by atoms with Gasteiger partial charge in [-0.1, -0.05) is 5.16 Å². The molecule has 0 unspecified atom stereocenters. The van der Waals surface area contributed by atoms with Crippen molar-refractivity contribution in [1.29, 1.82) is 0 Å². The normalized spacial score (nSPS) is 12.0. The molecule has 0 fully saturated rings. The quantitative estimate of drug-likeness (QED) is 0.843. The number of hydrogen-bond acceptors (Lipinski definition) is 6. The summed E-state index contributed by atoms with van der Waals surface area (Å²) in [6, 6.07) is 3.46. The van der Waals surface area contributed by atoms with Gasteiger partial charge < -0.3 is 19.0 Å². The molecule has 112 valence electrons. The number of aromatic nitrogens is 1. The van der Waals surface area contributed by atoms with Crippen molar-refractivity contribution in [1.82, 2.24) is 10.5 Å². The predicted molar refractivity (Wildman–Crippen MR) is 71.4 cm³/mol. The fourth-order valence-electron chi connectivity index (χ4n) is 1.78. The highest BCUT2D eigenvalue weighted by Crippen LogP contribution is 2.14. The fourth-order valence-corrected chi connectivity index (χ4v) is 1.78. The molecular weight excluding hydrogens is 276 g/mol. The Balaban J connectivity index is 1.90. The zero-order chi connectivity index (χ0) is 15.4. The molecule has 2 aromatic heterocycles. The lowest BCUT2D eigenvalue weighted by Gasteiger charge is -2.12. The van der Waals surface area contributed by atoms with E-state index < -0.39 is 18.0 Å². The van der Waals surface area contributed by atoms with Crippen LogP contribution in [0.25, 0.3) is 0 Å². The van der Waals surface area contributed by atoms with Crippen molar-refractivity contribution in [2.24, 2.45) is 0 Å². The summed E-state index contributed by atoms with van der Waals surface area (Å²) in [5.74, 6) is -0.0632. The number of aryl methyl sites for hydroxylation is 2. The molecular formula is C14H16N2O5. The number of nitrogens with zero attached hydrogens (tertiary/aromatic N) is 1. The van der Waals surface area contributed by atoms with Crippen LogP contribution in [0.15, 0.2) is 27.3 Å². The second kappa shape index (κ2) is 6.25. The van der Waals surface area contributed by atoms with E-state index in [1.165, 1.54) is 13.2 Å². The van der Waals surface area contributed by atoms with Crippen LogP contribution in [0.2, 0.25) is 0 Å². The molecule has 0 aliphatic carbocycles. The van der Waals surface area contributed by atoms with Crippen molar-refractivity contribution in [2.75, 3.05) is 0 Å². The predicted octanol–water partition coefficient (Wildman–Crippen LogP) is 1.75. The summed E-state index contributed by atoms with van der Waals surface area (Å²) in [4.78, 5) is 23.8. The fraction of sp³-hybridized carbons (Fsp3) is 0.357. The first kappa shape index (κ1) is 14.8. The molecule has 1 atom stereocenters. The molecule has 0 saturated carbocycles. The minimum atomic E-state index is -0.929. The Labute approximate surface area is 121 Å². The molecule has 0 aromatic carbocycles. The van der Waals surface area contributed by atoms with E-state index in [-0.39, 0.29) is 12.1 Å². The number of carbonyl (C=O) groups excluding carboxylic acids is 2. The summed E-state index contributed by atoms with van der Waals surface area (Å²) in [5, 5.41) is 6.29. The van der Waals surface area contributed by atoms with E-state index in [0.717, 1.165) is 0 Å². The highest BCUT2D eigenvalue weighted by molar-refractivity contribution is 5.93. The molecule has 0 bridgehead atoms. The molecule has 2 heterocycles. The van der Waals surface area contributed by atoms with Crippen LogP contribution in [0.3, 0.4) is 0 Å². The van der Waals surface area contributed by atoms with Gasteiger partial charge >= 0.3 is 5.97 Å². The number of carbonyl (C=O) groups is 2. The van der Waals surface area contributed by atoms with Crippen LogP contribution in [-0.2, 0) is 16.1 Å². The zero-order valence-electron chi connectivity index (χ0n) is 12.0. The van der Waals surface area contributed by atoms with Crippen molar-refractivity contribution >= 4 is 11.9 Å². The standard InChI is InChI=1S/C14H16N2O5/c1-8-12(9(2)21-16-8)14(18)20-10(3)13(17)15-7-11-5-4-6-19-11/h4-6,10H,7H2,1-3H3,(H,15,17)/t10-/m0/s1. The Bertz CT molecular complexity index is 610. The highest BCUT2D eigenvalue weighted by Gasteiger charge is 2.24. The molecule has 0 aliphatic rings. The van der Waals surface area contributed by atoms with Crippen molar-refractivity contribution in [2.45, 2.75) is 33.4 Å². The third-order valence-corrected chi connectivity index (χ3v) is 2.91. The van der Waals surface area contributed by atoms with Gasteiger partial charge in [-0.15, -0.1) is 0 Å². The first-order chi connectivity index (χ1) is 9.99. The maximum absolute atomic E-state index is 12.0. The average molecular weight is 292 g/mol. The van der Waals surface area contributed by atoms with Crippen molar-refractivity contribution in [3.8, 4) is 0 Å². The van der Waals surface area contributed by atoms with Crippen LogP contribution in [-0.4, -0.2) is 23.1 Å². The number of hydrogen-bond donors (Lipinski definition) is 1. The first-order valence-corrected chi connectivity index (χ1v) is 6.43. The molecule has 7 heteroatoms. The van der Waals surface area contributed by atoms with Gasteiger partial charge in [0.2, 0.25) is 0 Å². The van der Waals surface area contributed by atoms with Crippen LogP contribution in [0.5, 0.6) is 0 Å². The summed E-state index contributed by atoms with van der Waals surface area (Å²) in [6.07, 6.45) is 0.587. The molecule has 1 N–H and O–H groups in total. The lowest BCUT2D eigenvalue weighted by Crippen LogP contribution is -2.35. The zero-order valence-corrected chi connectivity index (χ0v) is 12.0. The molecule has 2 rings (SSSR count). The molecule has 0 spiro atoms. The second-order valence-corrected chi connectivity index (χ2v) is 4.54. The van der Waals surface area contributed by atoms with Crippen LogP contribution in [0.1, 0.15) is 34.5 Å². The van der Waals surface area contributed by atoms with E-state index in [0.29, 0.717) is 17.2 Å². The van der Waals surface area contributed by atoms with Gasteiger partial charge in [0.1, 0.15) is 17.1 Å². The second-order valence-electron chi connectivity index (χ2n) is 4.54. The van der Waals surface area contributed by atoms with Crippen LogP contribution in [0, 0.1) is 13.8 Å². The van der Waals surface area contributed by atoms with Crippen molar-refractivity contribution in [3.05, 3.63) is 41.2 Å². The Morgan fingerprint density at radius 1 is 1.43 bits per heavy atom. The molecule has 1 amide bonds.